The van der Waals surface area contributed by atoms with Crippen LogP contribution in [0.15, 0.2) is 0 Å². The Kier molecular flexibility index (Phi) is 1.92. The van der Waals surface area contributed by atoms with E-state index in [1.807, 2.05) is 0 Å². The molecule has 1 N–H and O–H groups in total. The molecule has 2 aliphatic carbocycles. The minimum Gasteiger partial charge on any atom is -0.389 e. The molecule has 0 radical (unpaired) electrons. The zero-order valence-corrected chi connectivity index (χ0v) is 8.50. The van der Waals surface area contributed by atoms with Gasteiger partial charge in [0.05, 0.1) is 18.8 Å². The minimum atomic E-state index is -0.484. The van der Waals surface area contributed by atoms with Crippen molar-refractivity contribution in [1.82, 2.24) is 0 Å². The van der Waals surface area contributed by atoms with Crippen molar-refractivity contribution in [2.75, 3.05) is 13.2 Å². The van der Waals surface area contributed by atoms with Crippen LogP contribution in [0.3, 0.4) is 0 Å². The molecule has 1 saturated heterocycles. The van der Waals surface area contributed by atoms with Crippen molar-refractivity contribution in [3.05, 3.63) is 0 Å². The molecule has 0 aromatic rings. The first-order valence-corrected chi connectivity index (χ1v) is 5.76. The van der Waals surface area contributed by atoms with E-state index in [4.69, 9.17) is 9.47 Å². The summed E-state index contributed by atoms with van der Waals surface area (Å²) in [5, 5.41) is 10.5. The third-order valence-corrected chi connectivity index (χ3v) is 4.19. The summed E-state index contributed by atoms with van der Waals surface area (Å²) in [5.74, 6) is -0.185. The first kappa shape index (κ1) is 9.13. The fourth-order valence-corrected chi connectivity index (χ4v) is 3.61. The molecule has 3 heteroatoms. The molecule has 2 atom stereocenters. The highest BCUT2D eigenvalue weighted by atomic mass is 16.7. The molecule has 0 amide bonds. The lowest BCUT2D eigenvalue weighted by molar-refractivity contribution is -0.253. The number of fused-ring (bicyclic) bond motifs is 2. The van der Waals surface area contributed by atoms with Crippen molar-refractivity contribution >= 4 is 0 Å². The lowest BCUT2D eigenvalue weighted by atomic mass is 9.73. The zero-order chi connectivity index (χ0) is 9.65. The number of hydrogen-bond acceptors (Lipinski definition) is 3. The Balaban J connectivity index is 1.91. The largest absolute Gasteiger partial charge is 0.389 e. The maximum atomic E-state index is 10.5. The molecule has 1 heterocycles. The van der Waals surface area contributed by atoms with E-state index in [0.29, 0.717) is 13.2 Å². The molecular formula is C11H18O3. The van der Waals surface area contributed by atoms with E-state index in [-0.39, 0.29) is 5.92 Å². The topological polar surface area (TPSA) is 38.7 Å². The van der Waals surface area contributed by atoms with Gasteiger partial charge in [-0.2, -0.15) is 0 Å². The van der Waals surface area contributed by atoms with E-state index in [0.717, 1.165) is 38.5 Å². The van der Waals surface area contributed by atoms with Crippen LogP contribution < -0.4 is 0 Å². The lowest BCUT2D eigenvalue weighted by Crippen LogP contribution is -2.53. The normalized spacial score (nSPS) is 45.6. The maximum absolute atomic E-state index is 10.5. The molecule has 3 nitrogen and oxygen atoms in total. The van der Waals surface area contributed by atoms with E-state index in [2.05, 4.69) is 0 Å². The molecule has 0 aromatic heterocycles. The molecule has 3 rings (SSSR count). The fraction of sp³-hybridized carbons (Fsp3) is 1.00. The summed E-state index contributed by atoms with van der Waals surface area (Å²) in [7, 11) is 0. The Morgan fingerprint density at radius 2 is 1.71 bits per heavy atom. The van der Waals surface area contributed by atoms with Crippen LogP contribution in [0.25, 0.3) is 0 Å². The van der Waals surface area contributed by atoms with Crippen LogP contribution >= 0.6 is 0 Å². The van der Waals surface area contributed by atoms with Crippen molar-refractivity contribution in [1.29, 1.82) is 0 Å². The van der Waals surface area contributed by atoms with Crippen LogP contribution in [-0.4, -0.2) is 29.7 Å². The van der Waals surface area contributed by atoms with Gasteiger partial charge in [0.25, 0.3) is 0 Å². The second-order valence-electron chi connectivity index (χ2n) is 4.91. The molecule has 3 fully saturated rings. The number of ether oxygens (including phenoxy) is 2. The monoisotopic (exact) mass is 198 g/mol. The summed E-state index contributed by atoms with van der Waals surface area (Å²) in [6.45, 7) is 1.40. The Morgan fingerprint density at radius 1 is 1.00 bits per heavy atom. The van der Waals surface area contributed by atoms with Gasteiger partial charge in [0.1, 0.15) is 0 Å². The Hall–Kier alpha value is -0.120. The third-order valence-electron chi connectivity index (χ3n) is 4.19. The molecule has 80 valence electrons. The highest BCUT2D eigenvalue weighted by molar-refractivity contribution is 5.04. The van der Waals surface area contributed by atoms with E-state index in [9.17, 15) is 5.11 Å². The molecule has 3 aliphatic rings. The second kappa shape index (κ2) is 2.94. The summed E-state index contributed by atoms with van der Waals surface area (Å²) in [6, 6.07) is 0. The van der Waals surface area contributed by atoms with Crippen molar-refractivity contribution in [3.8, 4) is 0 Å². The van der Waals surface area contributed by atoms with Crippen molar-refractivity contribution in [2.45, 2.75) is 49.9 Å². The predicted octanol–water partition coefficient (Wildman–Crippen LogP) is 1.44. The molecule has 14 heavy (non-hydrogen) atoms. The van der Waals surface area contributed by atoms with Gasteiger partial charge in [-0.25, -0.2) is 0 Å². The van der Waals surface area contributed by atoms with E-state index in [1.54, 1.807) is 0 Å². The summed E-state index contributed by atoms with van der Waals surface area (Å²) in [5.41, 5.74) is -0.484. The van der Waals surface area contributed by atoms with Crippen LogP contribution in [0.1, 0.15) is 38.5 Å². The van der Waals surface area contributed by atoms with Crippen molar-refractivity contribution in [3.63, 3.8) is 0 Å². The van der Waals surface area contributed by atoms with Gasteiger partial charge in [0.2, 0.25) is 0 Å². The van der Waals surface area contributed by atoms with Crippen LogP contribution in [0.5, 0.6) is 0 Å². The van der Waals surface area contributed by atoms with Gasteiger partial charge in [0, 0.05) is 12.3 Å². The number of hydrogen-bond donors (Lipinski definition) is 1. The van der Waals surface area contributed by atoms with E-state index < -0.39 is 11.4 Å². The van der Waals surface area contributed by atoms with Gasteiger partial charge in [-0.3, -0.25) is 0 Å². The first-order valence-electron chi connectivity index (χ1n) is 5.76. The van der Waals surface area contributed by atoms with Crippen LogP contribution in [-0.2, 0) is 9.47 Å². The molecule has 1 aliphatic heterocycles. The minimum absolute atomic E-state index is 0.228. The van der Waals surface area contributed by atoms with Crippen LogP contribution in [0.4, 0.5) is 0 Å². The average molecular weight is 198 g/mol. The predicted molar refractivity (Wildman–Crippen MR) is 50.8 cm³/mol. The highest BCUT2D eigenvalue weighted by Gasteiger charge is 2.58. The van der Waals surface area contributed by atoms with Gasteiger partial charge >= 0.3 is 0 Å². The van der Waals surface area contributed by atoms with Gasteiger partial charge in [-0.15, -0.1) is 0 Å². The van der Waals surface area contributed by atoms with Crippen LogP contribution in [0.2, 0.25) is 0 Å². The molecule has 0 unspecified atom stereocenters. The maximum Gasteiger partial charge on any atom is 0.174 e. The van der Waals surface area contributed by atoms with Crippen molar-refractivity contribution in [2.24, 2.45) is 5.92 Å². The third kappa shape index (κ3) is 1.09. The summed E-state index contributed by atoms with van der Waals surface area (Å²) >= 11 is 0. The summed E-state index contributed by atoms with van der Waals surface area (Å²) in [4.78, 5) is 0. The smallest absolute Gasteiger partial charge is 0.174 e. The van der Waals surface area contributed by atoms with Gasteiger partial charge in [0.15, 0.2) is 5.79 Å². The Bertz CT molecular complexity index is 235. The lowest BCUT2D eigenvalue weighted by Gasteiger charge is -2.45. The first-order chi connectivity index (χ1) is 6.75. The van der Waals surface area contributed by atoms with E-state index in [1.165, 1.54) is 0 Å². The van der Waals surface area contributed by atoms with Crippen molar-refractivity contribution < 1.29 is 14.6 Å². The molecule has 2 saturated carbocycles. The van der Waals surface area contributed by atoms with Gasteiger partial charge in [-0.1, -0.05) is 0 Å². The molecule has 0 bridgehead atoms. The standard InChI is InChI=1S/C11H18O3/c12-10-4-1-3-9(10)11(6-2-5-10)13-7-8-14-11/h9,12H,1-8H2/t9-,10+/m1/s1. The average Bonchev–Trinajstić information content (AvgIpc) is 2.73. The summed E-state index contributed by atoms with van der Waals surface area (Å²) in [6.07, 6.45) is 6.07. The zero-order valence-electron chi connectivity index (χ0n) is 8.50. The Morgan fingerprint density at radius 3 is 2.50 bits per heavy atom. The Labute approximate surface area is 84.4 Å². The van der Waals surface area contributed by atoms with Crippen LogP contribution in [0, 0.1) is 5.92 Å². The second-order valence-corrected chi connectivity index (χ2v) is 4.91. The molecule has 0 aromatic carbocycles. The van der Waals surface area contributed by atoms with Gasteiger partial charge in [-0.05, 0) is 32.1 Å². The summed E-state index contributed by atoms with van der Waals surface area (Å²) < 4.78 is 11.6. The van der Waals surface area contributed by atoms with Gasteiger partial charge < -0.3 is 14.6 Å². The quantitative estimate of drug-likeness (QED) is 0.640. The SMILES string of the molecule is O[C@]12CCC[C@H]1C1(CCC2)OCCO1. The molecule has 1 spiro atoms. The fourth-order valence-electron chi connectivity index (χ4n) is 3.61. The molecular weight excluding hydrogens is 180 g/mol. The number of aliphatic hydroxyl groups is 1. The highest BCUT2D eigenvalue weighted by Crippen LogP contribution is 2.53. The number of rotatable bonds is 0. The van der Waals surface area contributed by atoms with E-state index >= 15 is 0 Å².